The molecule has 2 atom stereocenters. The number of carboxylic acids is 1. The lowest BCUT2D eigenvalue weighted by atomic mass is 9.88. The highest BCUT2D eigenvalue weighted by molar-refractivity contribution is 7.99. The summed E-state index contributed by atoms with van der Waals surface area (Å²) in [5.41, 5.74) is -0.904. The second-order valence-corrected chi connectivity index (χ2v) is 6.33. The number of urea groups is 1. The summed E-state index contributed by atoms with van der Waals surface area (Å²) in [7, 11) is 0. The summed E-state index contributed by atoms with van der Waals surface area (Å²) in [6.45, 7) is 7.63. The van der Waals surface area contributed by atoms with Crippen molar-refractivity contribution in [2.75, 3.05) is 18.1 Å². The van der Waals surface area contributed by atoms with E-state index in [1.807, 2.05) is 18.7 Å². The molecule has 0 aliphatic carbocycles. The summed E-state index contributed by atoms with van der Waals surface area (Å²) in [5, 5.41) is 14.6. The van der Waals surface area contributed by atoms with Gasteiger partial charge in [0.05, 0.1) is 5.41 Å². The van der Waals surface area contributed by atoms with Crippen LogP contribution in [0.4, 0.5) is 4.79 Å². The largest absolute Gasteiger partial charge is 0.481 e. The lowest BCUT2D eigenvalue weighted by Gasteiger charge is -2.24. The van der Waals surface area contributed by atoms with Crippen molar-refractivity contribution in [2.45, 2.75) is 46.6 Å². The molecular formula is C13H26N2O3S. The van der Waals surface area contributed by atoms with E-state index in [0.717, 1.165) is 17.9 Å². The number of rotatable bonds is 9. The normalized spacial score (nSPS) is 15.4. The molecule has 3 N–H and O–H groups in total. The fraction of sp³-hybridized carbons (Fsp3) is 0.846. The number of hydrogen-bond donors (Lipinski definition) is 3. The third kappa shape index (κ3) is 7.30. The molecule has 0 aromatic carbocycles. The van der Waals surface area contributed by atoms with Crippen LogP contribution in [0, 0.1) is 5.41 Å². The number of thioether (sulfide) groups is 1. The summed E-state index contributed by atoms with van der Waals surface area (Å²) >= 11 is 1.84. The SMILES string of the molecule is CCSCCC(C)NC(=O)NCC(C)(CC)C(=O)O. The Balaban J connectivity index is 4.01. The molecule has 19 heavy (non-hydrogen) atoms. The molecule has 0 saturated carbocycles. The minimum Gasteiger partial charge on any atom is -0.481 e. The van der Waals surface area contributed by atoms with Crippen LogP contribution in [0.25, 0.3) is 0 Å². The molecule has 5 nitrogen and oxygen atoms in total. The average Bonchev–Trinajstić information content (AvgIpc) is 2.36. The topological polar surface area (TPSA) is 78.4 Å². The van der Waals surface area contributed by atoms with Crippen molar-refractivity contribution >= 4 is 23.8 Å². The third-order valence-corrected chi connectivity index (χ3v) is 4.15. The van der Waals surface area contributed by atoms with Crippen LogP contribution in [0.3, 0.4) is 0 Å². The van der Waals surface area contributed by atoms with Gasteiger partial charge in [-0.15, -0.1) is 0 Å². The smallest absolute Gasteiger partial charge is 0.315 e. The van der Waals surface area contributed by atoms with Gasteiger partial charge in [-0.05, 0) is 38.2 Å². The van der Waals surface area contributed by atoms with E-state index in [1.54, 1.807) is 13.8 Å². The van der Waals surface area contributed by atoms with E-state index >= 15 is 0 Å². The van der Waals surface area contributed by atoms with E-state index < -0.39 is 11.4 Å². The van der Waals surface area contributed by atoms with Gasteiger partial charge in [0.1, 0.15) is 0 Å². The molecule has 0 radical (unpaired) electrons. The summed E-state index contributed by atoms with van der Waals surface area (Å²) in [4.78, 5) is 22.7. The van der Waals surface area contributed by atoms with Crippen LogP contribution in [0.2, 0.25) is 0 Å². The fourth-order valence-corrected chi connectivity index (χ4v) is 2.19. The van der Waals surface area contributed by atoms with E-state index in [4.69, 9.17) is 5.11 Å². The van der Waals surface area contributed by atoms with Gasteiger partial charge in [0, 0.05) is 12.6 Å². The van der Waals surface area contributed by atoms with Gasteiger partial charge in [0.2, 0.25) is 0 Å². The van der Waals surface area contributed by atoms with E-state index in [1.165, 1.54) is 0 Å². The molecule has 0 aromatic rings. The molecule has 0 bridgehead atoms. The number of amides is 2. The number of aliphatic carboxylic acids is 1. The number of hydrogen-bond acceptors (Lipinski definition) is 3. The Morgan fingerprint density at radius 1 is 1.37 bits per heavy atom. The van der Waals surface area contributed by atoms with E-state index in [-0.39, 0.29) is 18.6 Å². The predicted octanol–water partition coefficient (Wildman–Crippen LogP) is 2.32. The Morgan fingerprint density at radius 3 is 2.47 bits per heavy atom. The van der Waals surface area contributed by atoms with Crippen molar-refractivity contribution in [2.24, 2.45) is 5.41 Å². The summed E-state index contributed by atoms with van der Waals surface area (Å²) in [6.07, 6.45) is 1.39. The van der Waals surface area contributed by atoms with Crippen molar-refractivity contribution < 1.29 is 14.7 Å². The number of carbonyl (C=O) groups is 2. The number of carboxylic acid groups (broad SMARTS) is 1. The molecule has 0 fully saturated rings. The van der Waals surface area contributed by atoms with Gasteiger partial charge in [-0.2, -0.15) is 11.8 Å². The molecule has 0 rings (SSSR count). The highest BCUT2D eigenvalue weighted by Gasteiger charge is 2.31. The zero-order valence-electron chi connectivity index (χ0n) is 12.3. The molecule has 6 heteroatoms. The van der Waals surface area contributed by atoms with Gasteiger partial charge in [-0.3, -0.25) is 4.79 Å². The fourth-order valence-electron chi connectivity index (χ4n) is 1.38. The lowest BCUT2D eigenvalue weighted by Crippen LogP contribution is -2.46. The molecule has 112 valence electrons. The molecule has 2 unspecified atom stereocenters. The Morgan fingerprint density at radius 2 is 2.00 bits per heavy atom. The highest BCUT2D eigenvalue weighted by atomic mass is 32.2. The minimum atomic E-state index is -0.904. The number of nitrogens with one attached hydrogen (secondary N) is 2. The second kappa shape index (κ2) is 9.07. The van der Waals surface area contributed by atoms with Crippen LogP contribution in [-0.4, -0.2) is 41.2 Å². The molecule has 0 aromatic heterocycles. The van der Waals surface area contributed by atoms with Crippen LogP contribution in [0.5, 0.6) is 0 Å². The van der Waals surface area contributed by atoms with Gasteiger partial charge in [0.25, 0.3) is 0 Å². The van der Waals surface area contributed by atoms with Crippen LogP contribution in [0.1, 0.15) is 40.5 Å². The number of carbonyl (C=O) groups excluding carboxylic acids is 1. The van der Waals surface area contributed by atoms with Crippen molar-refractivity contribution in [3.63, 3.8) is 0 Å². The van der Waals surface area contributed by atoms with E-state index in [2.05, 4.69) is 17.6 Å². The minimum absolute atomic E-state index is 0.0942. The maximum absolute atomic E-state index is 11.6. The molecule has 2 amide bonds. The summed E-state index contributed by atoms with van der Waals surface area (Å²) in [6, 6.07) is -0.202. The lowest BCUT2D eigenvalue weighted by molar-refractivity contribution is -0.147. The Labute approximate surface area is 119 Å². The maximum Gasteiger partial charge on any atom is 0.315 e. The third-order valence-electron chi connectivity index (χ3n) is 3.21. The summed E-state index contributed by atoms with van der Waals surface area (Å²) < 4.78 is 0. The van der Waals surface area contributed by atoms with Crippen LogP contribution >= 0.6 is 11.8 Å². The van der Waals surface area contributed by atoms with Gasteiger partial charge in [-0.25, -0.2) is 4.79 Å². The predicted molar refractivity (Wildman–Crippen MR) is 79.6 cm³/mol. The zero-order valence-corrected chi connectivity index (χ0v) is 13.1. The highest BCUT2D eigenvalue weighted by Crippen LogP contribution is 2.19. The van der Waals surface area contributed by atoms with Crippen LogP contribution < -0.4 is 10.6 Å². The first-order chi connectivity index (χ1) is 8.85. The van der Waals surface area contributed by atoms with Crippen LogP contribution in [0.15, 0.2) is 0 Å². The Kier molecular flexibility index (Phi) is 8.63. The molecule has 0 aliphatic heterocycles. The van der Waals surface area contributed by atoms with Gasteiger partial charge < -0.3 is 15.7 Å². The van der Waals surface area contributed by atoms with Crippen molar-refractivity contribution in [1.29, 1.82) is 0 Å². The Bertz CT molecular complexity index is 300. The van der Waals surface area contributed by atoms with Gasteiger partial charge >= 0.3 is 12.0 Å². The van der Waals surface area contributed by atoms with Crippen LogP contribution in [-0.2, 0) is 4.79 Å². The first-order valence-electron chi connectivity index (χ1n) is 6.71. The zero-order chi connectivity index (χ0) is 14.9. The summed E-state index contributed by atoms with van der Waals surface area (Å²) in [5.74, 6) is 1.20. The monoisotopic (exact) mass is 290 g/mol. The van der Waals surface area contributed by atoms with Gasteiger partial charge in [-0.1, -0.05) is 13.8 Å². The Hall–Kier alpha value is -0.910. The standard InChI is InChI=1S/C13H26N2O3S/c1-5-13(4,11(16)17)9-14-12(18)15-10(3)7-8-19-6-2/h10H,5-9H2,1-4H3,(H,16,17)(H2,14,15,18). The average molecular weight is 290 g/mol. The second-order valence-electron chi connectivity index (χ2n) is 4.93. The maximum atomic E-state index is 11.6. The molecule has 0 heterocycles. The molecule has 0 spiro atoms. The quantitative estimate of drug-likeness (QED) is 0.569. The van der Waals surface area contributed by atoms with Crippen molar-refractivity contribution in [1.82, 2.24) is 10.6 Å². The first-order valence-corrected chi connectivity index (χ1v) is 7.86. The molecular weight excluding hydrogens is 264 g/mol. The first kappa shape index (κ1) is 18.1. The molecule has 0 aliphatic rings. The van der Waals surface area contributed by atoms with E-state index in [0.29, 0.717) is 6.42 Å². The van der Waals surface area contributed by atoms with Gasteiger partial charge in [0.15, 0.2) is 0 Å². The van der Waals surface area contributed by atoms with Crippen molar-refractivity contribution in [3.8, 4) is 0 Å². The molecule has 0 saturated heterocycles. The van der Waals surface area contributed by atoms with E-state index in [9.17, 15) is 9.59 Å². The van der Waals surface area contributed by atoms with Crippen molar-refractivity contribution in [3.05, 3.63) is 0 Å².